The fraction of sp³-hybridized carbons (Fsp3) is 0.591. The molecule has 4 fully saturated rings. The Balaban J connectivity index is 1.21. The molecule has 8 atom stereocenters. The van der Waals surface area contributed by atoms with Crippen LogP contribution in [0, 0.1) is 34.5 Å². The summed E-state index contributed by atoms with van der Waals surface area (Å²) in [5.74, 6) is -1.31. The fourth-order valence-corrected chi connectivity index (χ4v) is 9.93. The van der Waals surface area contributed by atoms with E-state index in [2.05, 4.69) is 11.9 Å². The number of benzene rings is 1. The smallest absolute Gasteiger partial charge is 0.310 e. The highest BCUT2D eigenvalue weighted by Gasteiger charge is 2.61. The number of fused-ring (bicyclic) bond motifs is 2. The van der Waals surface area contributed by atoms with E-state index < -0.39 is 40.8 Å². The topological polar surface area (TPSA) is 166 Å². The summed E-state index contributed by atoms with van der Waals surface area (Å²) in [5.41, 5.74) is -0.433. The van der Waals surface area contributed by atoms with Gasteiger partial charge in [-0.1, -0.05) is 38.4 Å². The first kappa shape index (κ1) is 42.8. The van der Waals surface area contributed by atoms with E-state index in [1.54, 1.807) is 31.4 Å². The van der Waals surface area contributed by atoms with Crippen LogP contribution in [0.25, 0.3) is 22.3 Å². The van der Waals surface area contributed by atoms with Gasteiger partial charge in [-0.15, -0.1) is 17.9 Å². The van der Waals surface area contributed by atoms with Crippen LogP contribution in [-0.4, -0.2) is 94.8 Å². The molecule has 1 saturated heterocycles. The molecule has 4 aliphatic rings. The van der Waals surface area contributed by atoms with Crippen molar-refractivity contribution >= 4 is 62.6 Å². The molecule has 318 valence electrons. The molecule has 2 aromatic heterocycles. The number of hydrogen-bond acceptors (Lipinski definition) is 12. The molecule has 59 heavy (non-hydrogen) atoms. The average Bonchev–Trinajstić information content (AvgIpc) is 3.84. The molecule has 2 unspecified atom stereocenters. The Kier molecular flexibility index (Phi) is 12.3. The van der Waals surface area contributed by atoms with Crippen LogP contribution in [0.3, 0.4) is 0 Å². The third-order valence-electron chi connectivity index (χ3n) is 12.3. The molecule has 13 nitrogen and oxygen atoms in total. The van der Waals surface area contributed by atoms with E-state index in [0.29, 0.717) is 58.7 Å². The number of ether oxygens (including phenoxy) is 4. The average molecular weight is 851 g/mol. The van der Waals surface area contributed by atoms with E-state index in [0.717, 1.165) is 18.0 Å². The summed E-state index contributed by atoms with van der Waals surface area (Å²) in [6, 6.07) is 4.49. The van der Waals surface area contributed by atoms with Crippen LogP contribution < -0.4 is 14.8 Å². The number of ketones is 1. The Morgan fingerprint density at radius 1 is 1.07 bits per heavy atom. The summed E-state index contributed by atoms with van der Waals surface area (Å²) in [6.45, 7) is 14.2. The second-order valence-electron chi connectivity index (χ2n) is 18.1. The maximum Gasteiger partial charge on any atom is 0.310 e. The van der Waals surface area contributed by atoms with E-state index in [4.69, 9.17) is 40.5 Å². The van der Waals surface area contributed by atoms with E-state index in [1.807, 2.05) is 40.0 Å². The standard InChI is InChI=1S/C44H55ClN4O9S/c1-8-26-19-44(26,41(53)54)20-34(50)33-16-28(21-49(33)40(52)30(43(4,5)6)17-37(51)58-27-14-24-13-25(24)15-27)57-36-18-31(32-22-59-42(48-32)46-23(2)3)47-39-29(36)9-10-35(38(39)45)56-12-11-55-7/h8-10,18,22-28,30,33H,1,11-17,19-21H2,2-7H3,(H,46,48)(H,53,54)/t24-,25+,26-,27?,28-,30-,33+,44?/m1/s1. The van der Waals surface area contributed by atoms with E-state index in [-0.39, 0.29) is 67.2 Å². The zero-order chi connectivity index (χ0) is 42.4. The lowest BCUT2D eigenvalue weighted by Gasteiger charge is -2.35. The van der Waals surface area contributed by atoms with Gasteiger partial charge in [0.05, 0.1) is 48.2 Å². The first-order chi connectivity index (χ1) is 28.0. The van der Waals surface area contributed by atoms with Gasteiger partial charge in [-0.2, -0.15) is 0 Å². The maximum atomic E-state index is 14.8. The predicted octanol–water partition coefficient (Wildman–Crippen LogP) is 7.84. The lowest BCUT2D eigenvalue weighted by atomic mass is 9.77. The number of carbonyl (C=O) groups excluding carboxylic acids is 3. The van der Waals surface area contributed by atoms with E-state index >= 15 is 0 Å². The number of nitrogens with one attached hydrogen (secondary N) is 1. The zero-order valence-corrected chi connectivity index (χ0v) is 36.2. The number of allylic oxidation sites excluding steroid dienone is 1. The minimum absolute atomic E-state index is 0.0259. The zero-order valence-electron chi connectivity index (χ0n) is 34.6. The SMILES string of the molecule is C=C[C@@H]1CC1(CC(=O)[C@@H]1C[C@@H](Oc2cc(-c3csc(NC(C)C)n3)nc3c(Cl)c(OCCOC)ccc23)CN1C(=O)[C@@H](CC(=O)OC1C[C@@H]2C[C@@H]2C1)C(C)(C)C)C(=O)O. The number of Topliss-reactive ketones (excluding diaryl/α,β-unsaturated/α-hetero) is 1. The third-order valence-corrected chi connectivity index (χ3v) is 13.5. The van der Waals surface area contributed by atoms with Crippen molar-refractivity contribution in [2.45, 2.75) is 104 Å². The number of halogens is 1. The molecule has 1 aliphatic heterocycles. The second-order valence-corrected chi connectivity index (χ2v) is 19.3. The Morgan fingerprint density at radius 2 is 1.81 bits per heavy atom. The monoisotopic (exact) mass is 850 g/mol. The number of methoxy groups -OCH3 is 1. The van der Waals surface area contributed by atoms with E-state index in [1.165, 1.54) is 22.7 Å². The van der Waals surface area contributed by atoms with Gasteiger partial charge in [-0.05, 0) is 74.8 Å². The van der Waals surface area contributed by atoms with Gasteiger partial charge in [0, 0.05) is 42.8 Å². The summed E-state index contributed by atoms with van der Waals surface area (Å²) in [6.07, 6.45) is 3.68. The molecule has 2 N–H and O–H groups in total. The molecule has 0 radical (unpaired) electrons. The number of nitrogens with zero attached hydrogens (tertiary/aromatic N) is 3. The summed E-state index contributed by atoms with van der Waals surface area (Å²) in [7, 11) is 1.58. The first-order valence-electron chi connectivity index (χ1n) is 20.5. The number of carboxylic acid groups (broad SMARTS) is 1. The number of esters is 1. The van der Waals surface area contributed by atoms with Crippen molar-refractivity contribution < 1.29 is 43.2 Å². The van der Waals surface area contributed by atoms with Crippen LogP contribution >= 0.6 is 22.9 Å². The van der Waals surface area contributed by atoms with Crippen molar-refractivity contribution in [3.05, 3.63) is 41.3 Å². The van der Waals surface area contributed by atoms with Crippen molar-refractivity contribution in [1.82, 2.24) is 14.9 Å². The number of likely N-dealkylation sites (tertiary alicyclic amines) is 1. The molecule has 15 heteroatoms. The Bertz CT molecular complexity index is 2110. The number of anilines is 1. The Morgan fingerprint density at radius 3 is 2.46 bits per heavy atom. The fourth-order valence-electron chi connectivity index (χ4n) is 8.82. The number of aromatic nitrogens is 2. The van der Waals surface area contributed by atoms with Gasteiger partial charge in [-0.3, -0.25) is 19.2 Å². The Labute approximate surface area is 354 Å². The molecular formula is C44H55ClN4O9S. The minimum Gasteiger partial charge on any atom is -0.490 e. The van der Waals surface area contributed by atoms with Crippen LogP contribution in [0.2, 0.25) is 5.02 Å². The number of aliphatic carboxylic acids is 1. The third kappa shape index (κ3) is 9.24. The summed E-state index contributed by atoms with van der Waals surface area (Å²) in [4.78, 5) is 66.3. The van der Waals surface area contributed by atoms with Gasteiger partial charge < -0.3 is 34.3 Å². The predicted molar refractivity (Wildman–Crippen MR) is 225 cm³/mol. The van der Waals surface area contributed by atoms with Crippen molar-refractivity contribution in [2.75, 3.05) is 32.2 Å². The van der Waals surface area contributed by atoms with Gasteiger partial charge in [0.2, 0.25) is 5.91 Å². The molecule has 3 aromatic rings. The first-order valence-corrected chi connectivity index (χ1v) is 21.8. The highest BCUT2D eigenvalue weighted by atomic mass is 35.5. The number of pyridine rings is 1. The van der Waals surface area contributed by atoms with Crippen molar-refractivity contribution in [3.63, 3.8) is 0 Å². The molecular weight excluding hydrogens is 796 g/mol. The second kappa shape index (κ2) is 17.0. The number of thiazole rings is 1. The number of carbonyl (C=O) groups is 4. The molecule has 3 saturated carbocycles. The van der Waals surface area contributed by atoms with Crippen LogP contribution in [0.1, 0.15) is 79.6 Å². The van der Waals surface area contributed by atoms with E-state index in [9.17, 15) is 24.3 Å². The molecule has 1 amide bonds. The quantitative estimate of drug-likeness (QED) is 0.0725. The van der Waals surface area contributed by atoms with Crippen molar-refractivity contribution in [2.24, 2.45) is 34.5 Å². The van der Waals surface area contributed by atoms with Crippen LogP contribution in [0.4, 0.5) is 5.13 Å². The molecule has 1 aromatic carbocycles. The number of hydrogen-bond donors (Lipinski definition) is 2. The summed E-state index contributed by atoms with van der Waals surface area (Å²) in [5, 5.41) is 17.0. The highest BCUT2D eigenvalue weighted by molar-refractivity contribution is 7.14. The molecule has 0 spiro atoms. The van der Waals surface area contributed by atoms with Gasteiger partial charge >= 0.3 is 11.9 Å². The lowest BCUT2D eigenvalue weighted by Crippen LogP contribution is -2.48. The van der Waals surface area contributed by atoms with Gasteiger partial charge in [0.15, 0.2) is 10.9 Å². The van der Waals surface area contributed by atoms with Gasteiger partial charge in [0.25, 0.3) is 0 Å². The molecule has 0 bridgehead atoms. The Hall–Kier alpha value is -4.27. The minimum atomic E-state index is -1.27. The van der Waals surface area contributed by atoms with Crippen LogP contribution in [0.15, 0.2) is 36.2 Å². The van der Waals surface area contributed by atoms with Gasteiger partial charge in [-0.25, -0.2) is 9.97 Å². The largest absolute Gasteiger partial charge is 0.490 e. The summed E-state index contributed by atoms with van der Waals surface area (Å²) >= 11 is 8.41. The van der Waals surface area contributed by atoms with Crippen LogP contribution in [0.5, 0.6) is 11.5 Å². The van der Waals surface area contributed by atoms with Crippen LogP contribution in [-0.2, 0) is 28.7 Å². The normalized spacial score (nSPS) is 26.3. The highest BCUT2D eigenvalue weighted by Crippen LogP contribution is 2.57. The molecule has 7 rings (SSSR count). The molecule has 3 heterocycles. The van der Waals surface area contributed by atoms with Gasteiger partial charge in [0.1, 0.15) is 41.0 Å². The number of rotatable bonds is 18. The molecule has 3 aliphatic carbocycles. The lowest BCUT2D eigenvalue weighted by molar-refractivity contribution is -0.157. The number of amides is 1. The maximum absolute atomic E-state index is 14.8. The summed E-state index contributed by atoms with van der Waals surface area (Å²) < 4.78 is 23.7. The number of carboxylic acids is 1. The van der Waals surface area contributed by atoms with Crippen molar-refractivity contribution in [1.29, 1.82) is 0 Å². The van der Waals surface area contributed by atoms with Crippen molar-refractivity contribution in [3.8, 4) is 22.9 Å².